The number of allylic oxidation sites excluding steroid dienone is 4. The lowest BCUT2D eigenvalue weighted by Gasteiger charge is -2.32. The van der Waals surface area contributed by atoms with Crippen molar-refractivity contribution in [3.05, 3.63) is 52.1 Å². The van der Waals surface area contributed by atoms with Crippen molar-refractivity contribution in [3.8, 4) is 0 Å². The van der Waals surface area contributed by atoms with E-state index in [1.807, 2.05) is 6.08 Å². The molecule has 1 saturated carbocycles. The molecule has 0 amide bonds. The smallest absolute Gasteiger partial charge is 0.175 e. The SMILES string of the molecule is C[C@H]1C[C@@H](C(=O)C2CC2CC(=O)C2=CC=C3c4cc5c(cc4CCC3C2)C(=O)C(I)CC5)N(P)C1. The first-order valence-electron chi connectivity index (χ1n) is 13.1. The summed E-state index contributed by atoms with van der Waals surface area (Å²) in [5.74, 6) is 2.11. The van der Waals surface area contributed by atoms with Gasteiger partial charge < -0.3 is 0 Å². The Morgan fingerprint density at radius 2 is 1.83 bits per heavy atom. The minimum Gasteiger partial charge on any atom is -0.298 e. The molecule has 0 bridgehead atoms. The largest absolute Gasteiger partial charge is 0.298 e. The van der Waals surface area contributed by atoms with Crippen molar-refractivity contribution >= 4 is 54.9 Å². The number of nitrogens with zero attached hydrogens (tertiary/aromatic N) is 1. The number of hydrogen-bond acceptors (Lipinski definition) is 4. The lowest BCUT2D eigenvalue weighted by Crippen LogP contribution is -2.30. The van der Waals surface area contributed by atoms with Gasteiger partial charge >= 0.3 is 0 Å². The molecule has 35 heavy (non-hydrogen) atoms. The van der Waals surface area contributed by atoms with Gasteiger partial charge in [0.05, 0.1) is 9.97 Å². The van der Waals surface area contributed by atoms with Gasteiger partial charge in [-0.3, -0.25) is 19.1 Å². The van der Waals surface area contributed by atoms with Crippen LogP contribution in [0.2, 0.25) is 0 Å². The molecule has 7 atom stereocenters. The molecule has 5 unspecified atom stereocenters. The highest BCUT2D eigenvalue weighted by Gasteiger charge is 2.48. The second kappa shape index (κ2) is 9.29. The first-order valence-corrected chi connectivity index (χ1v) is 14.9. The number of fused-ring (bicyclic) bond motifs is 4. The predicted octanol–water partition coefficient (Wildman–Crippen LogP) is 5.56. The molecule has 6 rings (SSSR count). The first-order chi connectivity index (χ1) is 16.8. The third kappa shape index (κ3) is 4.44. The molecule has 1 heterocycles. The molecule has 2 fully saturated rings. The van der Waals surface area contributed by atoms with Gasteiger partial charge in [-0.15, -0.1) is 0 Å². The minimum atomic E-state index is 0.0191. The third-order valence-electron chi connectivity index (χ3n) is 8.96. The summed E-state index contributed by atoms with van der Waals surface area (Å²) in [6.07, 6.45) is 11.2. The van der Waals surface area contributed by atoms with Crippen LogP contribution in [-0.4, -0.2) is 38.5 Å². The van der Waals surface area contributed by atoms with Crippen LogP contribution in [0.15, 0.2) is 29.9 Å². The van der Waals surface area contributed by atoms with E-state index in [0.717, 1.165) is 62.6 Å². The molecule has 4 nitrogen and oxygen atoms in total. The Morgan fingerprint density at radius 3 is 2.60 bits per heavy atom. The number of carbonyl (C=O) groups excluding carboxylic acids is 3. The molecule has 6 heteroatoms. The van der Waals surface area contributed by atoms with Crippen LogP contribution in [0.3, 0.4) is 0 Å². The van der Waals surface area contributed by atoms with Crippen LogP contribution in [0.1, 0.15) is 72.5 Å². The number of halogens is 1. The van der Waals surface area contributed by atoms with E-state index in [-0.39, 0.29) is 33.4 Å². The van der Waals surface area contributed by atoms with E-state index in [4.69, 9.17) is 0 Å². The molecule has 1 aromatic carbocycles. The second-order valence-electron chi connectivity index (χ2n) is 11.5. The van der Waals surface area contributed by atoms with Gasteiger partial charge in [-0.1, -0.05) is 57.1 Å². The molecule has 4 aliphatic carbocycles. The van der Waals surface area contributed by atoms with Gasteiger partial charge in [0.25, 0.3) is 0 Å². The van der Waals surface area contributed by atoms with Gasteiger partial charge in [0.15, 0.2) is 17.3 Å². The molecule has 0 aromatic heterocycles. The highest BCUT2D eigenvalue weighted by molar-refractivity contribution is 14.1. The summed E-state index contributed by atoms with van der Waals surface area (Å²) in [6.45, 7) is 3.16. The highest BCUT2D eigenvalue weighted by Crippen LogP contribution is 2.47. The van der Waals surface area contributed by atoms with Gasteiger partial charge in [-0.25, -0.2) is 0 Å². The topological polar surface area (TPSA) is 54.5 Å². The molecule has 1 aliphatic heterocycles. The highest BCUT2D eigenvalue weighted by atomic mass is 127. The van der Waals surface area contributed by atoms with Gasteiger partial charge in [0, 0.05) is 24.4 Å². The van der Waals surface area contributed by atoms with Crippen LogP contribution >= 0.6 is 32.0 Å². The first kappa shape index (κ1) is 24.2. The van der Waals surface area contributed by atoms with Crippen molar-refractivity contribution in [3.63, 3.8) is 0 Å². The van der Waals surface area contributed by atoms with Crippen LogP contribution in [0, 0.1) is 23.7 Å². The Labute approximate surface area is 223 Å². The summed E-state index contributed by atoms with van der Waals surface area (Å²) in [6, 6.07) is 4.44. The summed E-state index contributed by atoms with van der Waals surface area (Å²) < 4.78 is 2.22. The number of Topliss-reactive ketones (excluding diaryl/α,β-unsaturated/α-hetero) is 3. The van der Waals surface area contributed by atoms with Crippen molar-refractivity contribution in [2.24, 2.45) is 23.7 Å². The number of rotatable bonds is 5. The number of ketones is 3. The predicted molar refractivity (Wildman–Crippen MR) is 150 cm³/mol. The van der Waals surface area contributed by atoms with Crippen LogP contribution in [0.5, 0.6) is 0 Å². The minimum absolute atomic E-state index is 0.0191. The fourth-order valence-electron chi connectivity index (χ4n) is 6.85. The second-order valence-corrected chi connectivity index (χ2v) is 13.6. The standard InChI is InChI=1S/C29H33INO3P/c1-15-8-26(31(35)14-15)29(34)24-12-20(24)13-27(32)19-4-6-21-16(9-19)2-3-17-11-23-18(10-22(17)21)5-7-25(30)28(23)33/h4,6,10-11,15-16,20,24-26H,2-3,5,7-9,12-14,35H2,1H3/t15-,16?,20?,24?,25?,26-/m0/s1. The normalized spacial score (nSPS) is 33.9. The molecule has 1 saturated heterocycles. The fourth-order valence-corrected chi connectivity index (χ4v) is 8.13. The average Bonchev–Trinajstić information content (AvgIpc) is 3.53. The number of carbonyl (C=O) groups is 3. The summed E-state index contributed by atoms with van der Waals surface area (Å²) >= 11 is 2.28. The Bertz CT molecular complexity index is 1190. The van der Waals surface area contributed by atoms with Gasteiger partial charge in [0.1, 0.15) is 0 Å². The van der Waals surface area contributed by atoms with Crippen molar-refractivity contribution < 1.29 is 14.4 Å². The number of hydrogen-bond donors (Lipinski definition) is 0. The van der Waals surface area contributed by atoms with Crippen molar-refractivity contribution in [2.75, 3.05) is 6.54 Å². The Hall–Kier alpha value is -1.17. The Balaban J connectivity index is 1.15. The molecule has 0 spiro atoms. The van der Waals surface area contributed by atoms with E-state index < -0.39 is 0 Å². The third-order valence-corrected chi connectivity index (χ3v) is 10.7. The zero-order valence-electron chi connectivity index (χ0n) is 20.3. The molecule has 0 N–H and O–H groups in total. The Kier molecular flexibility index (Phi) is 6.42. The monoisotopic (exact) mass is 601 g/mol. The maximum Gasteiger partial charge on any atom is 0.175 e. The zero-order valence-corrected chi connectivity index (χ0v) is 23.6. The van der Waals surface area contributed by atoms with Crippen LogP contribution < -0.4 is 0 Å². The van der Waals surface area contributed by atoms with Crippen molar-refractivity contribution in [1.82, 2.24) is 4.67 Å². The van der Waals surface area contributed by atoms with Crippen LogP contribution in [-0.2, 0) is 22.4 Å². The van der Waals surface area contributed by atoms with Crippen molar-refractivity contribution in [1.29, 1.82) is 0 Å². The fraction of sp³-hybridized carbons (Fsp3) is 0.552. The number of aryl methyl sites for hydroxylation is 2. The molecule has 1 aromatic rings. The number of alkyl halides is 1. The van der Waals surface area contributed by atoms with E-state index in [0.29, 0.717) is 24.0 Å². The van der Waals surface area contributed by atoms with Crippen LogP contribution in [0.25, 0.3) is 5.57 Å². The van der Waals surface area contributed by atoms with Crippen LogP contribution in [0.4, 0.5) is 0 Å². The summed E-state index contributed by atoms with van der Waals surface area (Å²) in [5, 5.41) is 0. The molecule has 5 aliphatic rings. The van der Waals surface area contributed by atoms with Gasteiger partial charge in [-0.05, 0) is 96.6 Å². The maximum atomic E-state index is 13.2. The van der Waals surface area contributed by atoms with E-state index in [1.165, 1.54) is 22.3 Å². The van der Waals surface area contributed by atoms with Gasteiger partial charge in [-0.2, -0.15) is 0 Å². The van der Waals surface area contributed by atoms with E-state index in [1.54, 1.807) is 0 Å². The summed E-state index contributed by atoms with van der Waals surface area (Å²) in [5.41, 5.74) is 6.98. The molecular formula is C29H33INO3P. The number of benzene rings is 1. The lowest BCUT2D eigenvalue weighted by molar-refractivity contribution is -0.123. The Morgan fingerprint density at radius 1 is 1.09 bits per heavy atom. The van der Waals surface area contributed by atoms with E-state index in [2.05, 4.69) is 61.8 Å². The van der Waals surface area contributed by atoms with Gasteiger partial charge in [0.2, 0.25) is 0 Å². The van der Waals surface area contributed by atoms with Crippen molar-refractivity contribution in [2.45, 2.75) is 68.3 Å². The molecule has 184 valence electrons. The lowest BCUT2D eigenvalue weighted by atomic mass is 9.72. The quantitative estimate of drug-likeness (QED) is 0.252. The van der Waals surface area contributed by atoms with E-state index in [9.17, 15) is 14.4 Å². The average molecular weight is 601 g/mol. The maximum absolute atomic E-state index is 13.2. The summed E-state index contributed by atoms with van der Waals surface area (Å²) in [4.78, 5) is 38.8. The molecular weight excluding hydrogens is 568 g/mol. The molecule has 0 radical (unpaired) electrons. The summed E-state index contributed by atoms with van der Waals surface area (Å²) in [7, 11) is 2.72. The van der Waals surface area contributed by atoms with E-state index >= 15 is 0 Å². The zero-order chi connectivity index (χ0) is 24.4.